The molecular formula is C28H25Cl2N3O5S. The highest BCUT2D eigenvalue weighted by Gasteiger charge is 2.35. The first-order chi connectivity index (χ1) is 18.7. The Bertz CT molecular complexity index is 1440. The molecule has 11 heteroatoms. The number of nitrogens with zero attached hydrogens (tertiary/aromatic N) is 3. The smallest absolute Gasteiger partial charge is 0.293 e. The summed E-state index contributed by atoms with van der Waals surface area (Å²) in [6, 6.07) is 16.6. The highest BCUT2D eigenvalue weighted by Crippen LogP contribution is 2.36. The summed E-state index contributed by atoms with van der Waals surface area (Å²) < 4.78 is 6.18. The zero-order valence-electron chi connectivity index (χ0n) is 21.2. The molecule has 39 heavy (non-hydrogen) atoms. The minimum absolute atomic E-state index is 0.0132. The first-order valence-electron chi connectivity index (χ1n) is 12.1. The van der Waals surface area contributed by atoms with Gasteiger partial charge in [-0.2, -0.15) is 0 Å². The highest BCUT2D eigenvalue weighted by molar-refractivity contribution is 8.18. The van der Waals surface area contributed by atoms with Crippen molar-refractivity contribution in [3.8, 4) is 5.75 Å². The van der Waals surface area contributed by atoms with Gasteiger partial charge in [0.05, 0.1) is 16.4 Å². The Morgan fingerprint density at radius 2 is 1.74 bits per heavy atom. The number of thioether (sulfide) groups is 1. The van der Waals surface area contributed by atoms with Gasteiger partial charge in [0, 0.05) is 58.1 Å². The third-order valence-corrected chi connectivity index (χ3v) is 7.67. The average Bonchev–Trinajstić information content (AvgIpc) is 3.17. The molecule has 3 aromatic rings. The summed E-state index contributed by atoms with van der Waals surface area (Å²) in [7, 11) is 0. The number of non-ortho nitro benzene ring substituents is 1. The van der Waals surface area contributed by atoms with E-state index in [1.54, 1.807) is 24.3 Å². The first kappa shape index (κ1) is 28.5. The number of imide groups is 1. The Morgan fingerprint density at radius 1 is 1.03 bits per heavy atom. The molecule has 0 atom stereocenters. The lowest BCUT2D eigenvalue weighted by Gasteiger charge is -2.22. The standard InChI is InChI=1S/C28H25Cl2N3O5S/c1-3-31(4-2)23-12-8-19(25(15-23)38-17-20-7-9-21(29)14-24(20)30)13-26-27(34)32(28(35)39-26)16-18-5-10-22(11-6-18)33(36)37/h5-15H,3-4,16-17H2,1-2H3. The maximum Gasteiger partial charge on any atom is 0.293 e. The fraction of sp³-hybridized carbons (Fsp3) is 0.214. The first-order valence-corrected chi connectivity index (χ1v) is 13.7. The molecule has 1 aliphatic heterocycles. The molecular weight excluding hydrogens is 561 g/mol. The van der Waals surface area contributed by atoms with Crippen molar-refractivity contribution >= 4 is 63.6 Å². The topological polar surface area (TPSA) is 93.0 Å². The summed E-state index contributed by atoms with van der Waals surface area (Å²) in [5.41, 5.74) is 2.89. The molecule has 0 unspecified atom stereocenters. The Hall–Kier alpha value is -3.53. The summed E-state index contributed by atoms with van der Waals surface area (Å²) in [5, 5.41) is 11.5. The number of ether oxygens (including phenoxy) is 1. The van der Waals surface area contributed by atoms with Gasteiger partial charge in [-0.1, -0.05) is 41.4 Å². The number of anilines is 1. The van der Waals surface area contributed by atoms with Gasteiger partial charge in [-0.3, -0.25) is 24.6 Å². The Morgan fingerprint density at radius 3 is 2.38 bits per heavy atom. The van der Waals surface area contributed by atoms with Gasteiger partial charge in [-0.05, 0) is 61.5 Å². The number of hydrogen-bond acceptors (Lipinski definition) is 7. The summed E-state index contributed by atoms with van der Waals surface area (Å²) in [5.74, 6) is 0.0930. The normalized spacial score (nSPS) is 14.3. The maximum absolute atomic E-state index is 13.2. The van der Waals surface area contributed by atoms with Crippen LogP contribution < -0.4 is 9.64 Å². The van der Waals surface area contributed by atoms with Crippen molar-refractivity contribution in [2.45, 2.75) is 27.0 Å². The molecule has 202 valence electrons. The van der Waals surface area contributed by atoms with E-state index in [1.807, 2.05) is 18.2 Å². The molecule has 0 radical (unpaired) electrons. The van der Waals surface area contributed by atoms with E-state index in [-0.39, 0.29) is 23.7 Å². The number of nitro groups is 1. The lowest BCUT2D eigenvalue weighted by Crippen LogP contribution is -2.27. The van der Waals surface area contributed by atoms with Crippen LogP contribution in [-0.2, 0) is 17.9 Å². The van der Waals surface area contributed by atoms with Gasteiger partial charge < -0.3 is 9.64 Å². The van der Waals surface area contributed by atoms with Crippen LogP contribution in [0.2, 0.25) is 10.0 Å². The summed E-state index contributed by atoms with van der Waals surface area (Å²) in [4.78, 5) is 39.8. The number of benzene rings is 3. The van der Waals surface area contributed by atoms with E-state index >= 15 is 0 Å². The largest absolute Gasteiger partial charge is 0.488 e. The molecule has 1 heterocycles. The van der Waals surface area contributed by atoms with Gasteiger partial charge in [0.1, 0.15) is 12.4 Å². The quantitative estimate of drug-likeness (QED) is 0.137. The number of rotatable bonds is 10. The Labute approximate surface area is 240 Å². The van der Waals surface area contributed by atoms with Crippen LogP contribution in [0.25, 0.3) is 6.08 Å². The number of carbonyl (C=O) groups is 2. The molecule has 4 rings (SSSR count). The van der Waals surface area contributed by atoms with E-state index in [0.717, 1.165) is 41.0 Å². The Balaban J connectivity index is 1.60. The highest BCUT2D eigenvalue weighted by atomic mass is 35.5. The number of hydrogen-bond donors (Lipinski definition) is 0. The second-order valence-electron chi connectivity index (χ2n) is 8.61. The van der Waals surface area contributed by atoms with E-state index in [9.17, 15) is 19.7 Å². The van der Waals surface area contributed by atoms with Crippen molar-refractivity contribution in [3.63, 3.8) is 0 Å². The minimum Gasteiger partial charge on any atom is -0.488 e. The molecule has 0 bridgehead atoms. The molecule has 0 saturated carbocycles. The van der Waals surface area contributed by atoms with E-state index in [0.29, 0.717) is 26.9 Å². The van der Waals surface area contributed by atoms with Crippen LogP contribution in [0.4, 0.5) is 16.2 Å². The van der Waals surface area contributed by atoms with Gasteiger partial charge in [-0.25, -0.2) is 0 Å². The van der Waals surface area contributed by atoms with Crippen molar-refractivity contribution < 1.29 is 19.2 Å². The SMILES string of the molecule is CCN(CC)c1ccc(C=C2SC(=O)N(Cc3ccc([N+](=O)[O-])cc3)C2=O)c(OCc2ccc(Cl)cc2Cl)c1. The maximum atomic E-state index is 13.2. The zero-order chi connectivity index (χ0) is 28.1. The average molecular weight is 586 g/mol. The number of nitro benzene ring substituents is 1. The fourth-order valence-corrected chi connectivity index (χ4v) is 5.32. The molecule has 0 aromatic heterocycles. The van der Waals surface area contributed by atoms with E-state index < -0.39 is 16.1 Å². The van der Waals surface area contributed by atoms with Crippen molar-refractivity contribution in [1.82, 2.24) is 4.90 Å². The van der Waals surface area contributed by atoms with Gasteiger partial charge in [-0.15, -0.1) is 0 Å². The van der Waals surface area contributed by atoms with Crippen molar-refractivity contribution in [2.24, 2.45) is 0 Å². The van der Waals surface area contributed by atoms with Crippen LogP contribution in [-0.4, -0.2) is 34.1 Å². The summed E-state index contributed by atoms with van der Waals surface area (Å²) in [6.07, 6.45) is 1.64. The van der Waals surface area contributed by atoms with Crippen LogP contribution in [0.15, 0.2) is 65.6 Å². The molecule has 0 aliphatic carbocycles. The van der Waals surface area contributed by atoms with Gasteiger partial charge in [0.25, 0.3) is 16.8 Å². The van der Waals surface area contributed by atoms with E-state index in [2.05, 4.69) is 18.7 Å². The monoisotopic (exact) mass is 585 g/mol. The molecule has 0 spiro atoms. The summed E-state index contributed by atoms with van der Waals surface area (Å²) in [6.45, 7) is 5.93. The van der Waals surface area contributed by atoms with Gasteiger partial charge in [0.15, 0.2) is 0 Å². The Kier molecular flexibility index (Phi) is 9.16. The second-order valence-corrected chi connectivity index (χ2v) is 10.4. The number of halogens is 2. The van der Waals surface area contributed by atoms with Crippen LogP contribution in [0, 0.1) is 10.1 Å². The zero-order valence-corrected chi connectivity index (χ0v) is 23.6. The van der Waals surface area contributed by atoms with Crippen molar-refractivity contribution in [2.75, 3.05) is 18.0 Å². The molecule has 0 N–H and O–H groups in total. The molecule has 2 amide bonds. The minimum atomic E-state index is -0.501. The summed E-state index contributed by atoms with van der Waals surface area (Å²) >= 11 is 13.2. The van der Waals surface area contributed by atoms with Crippen LogP contribution in [0.5, 0.6) is 5.75 Å². The predicted molar refractivity (Wildman–Crippen MR) is 155 cm³/mol. The van der Waals surface area contributed by atoms with Crippen LogP contribution in [0.3, 0.4) is 0 Å². The fourth-order valence-electron chi connectivity index (χ4n) is 4.03. The molecule has 1 aliphatic rings. The molecule has 8 nitrogen and oxygen atoms in total. The predicted octanol–water partition coefficient (Wildman–Crippen LogP) is 7.56. The van der Waals surface area contributed by atoms with Crippen LogP contribution in [0.1, 0.15) is 30.5 Å². The van der Waals surface area contributed by atoms with Crippen molar-refractivity contribution in [1.29, 1.82) is 0 Å². The van der Waals surface area contributed by atoms with Crippen molar-refractivity contribution in [3.05, 3.63) is 102 Å². The third kappa shape index (κ3) is 6.73. The molecule has 3 aromatic carbocycles. The third-order valence-electron chi connectivity index (χ3n) is 6.17. The molecule has 1 fully saturated rings. The number of amides is 2. The van der Waals surface area contributed by atoms with Gasteiger partial charge >= 0.3 is 0 Å². The second kappa shape index (κ2) is 12.5. The van der Waals surface area contributed by atoms with Crippen LogP contribution >= 0.6 is 35.0 Å². The number of carbonyl (C=O) groups excluding carboxylic acids is 2. The van der Waals surface area contributed by atoms with E-state index in [1.165, 1.54) is 24.3 Å². The lowest BCUT2D eigenvalue weighted by molar-refractivity contribution is -0.384. The van der Waals surface area contributed by atoms with Gasteiger partial charge in [0.2, 0.25) is 0 Å². The van der Waals surface area contributed by atoms with E-state index in [4.69, 9.17) is 27.9 Å². The molecule has 1 saturated heterocycles. The lowest BCUT2D eigenvalue weighted by atomic mass is 10.1.